The molecule has 22 heavy (non-hydrogen) atoms. The van der Waals surface area contributed by atoms with E-state index in [4.69, 9.17) is 5.26 Å². The Balaban J connectivity index is 2.41. The molecular formula is C15H16F4N2O. The molecule has 1 fully saturated rings. The van der Waals surface area contributed by atoms with Gasteiger partial charge in [0, 0.05) is 17.8 Å². The Morgan fingerprint density at radius 2 is 2.14 bits per heavy atom. The number of benzene rings is 1. The summed E-state index contributed by atoms with van der Waals surface area (Å²) in [5, 5.41) is 18.5. The van der Waals surface area contributed by atoms with Crippen LogP contribution in [0.2, 0.25) is 0 Å². The Bertz CT molecular complexity index is 594. The van der Waals surface area contributed by atoms with Gasteiger partial charge in [-0.3, -0.25) is 0 Å². The minimum Gasteiger partial charge on any atom is -0.382 e. The molecule has 0 aliphatic carbocycles. The van der Waals surface area contributed by atoms with E-state index < -0.39 is 25.0 Å². The van der Waals surface area contributed by atoms with Gasteiger partial charge in [0.2, 0.25) is 0 Å². The fourth-order valence-electron chi connectivity index (χ4n) is 2.97. The molecule has 0 radical (unpaired) electrons. The highest BCUT2D eigenvalue weighted by Gasteiger charge is 2.47. The maximum atomic E-state index is 13.1. The first-order chi connectivity index (χ1) is 10.3. The maximum absolute atomic E-state index is 13.1. The summed E-state index contributed by atoms with van der Waals surface area (Å²) in [4.78, 5) is 1.47. The van der Waals surface area contributed by atoms with Crippen LogP contribution in [0.3, 0.4) is 0 Å². The zero-order chi connectivity index (χ0) is 16.5. The number of rotatable bonds is 3. The summed E-state index contributed by atoms with van der Waals surface area (Å²) in [5.41, 5.74) is 1.25. The first kappa shape index (κ1) is 16.6. The lowest BCUT2D eigenvalue weighted by Crippen LogP contribution is -2.47. The predicted molar refractivity (Wildman–Crippen MR) is 73.1 cm³/mol. The van der Waals surface area contributed by atoms with Crippen LogP contribution in [0.1, 0.15) is 29.5 Å². The average Bonchev–Trinajstić information content (AvgIpc) is 2.93. The highest BCUT2D eigenvalue weighted by molar-refractivity contribution is 5.61. The summed E-state index contributed by atoms with van der Waals surface area (Å²) in [6, 6.07) is 3.72. The van der Waals surface area contributed by atoms with Gasteiger partial charge in [0.1, 0.15) is 6.67 Å². The monoisotopic (exact) mass is 316 g/mol. The summed E-state index contributed by atoms with van der Waals surface area (Å²) in [6.07, 6.45) is -6.41. The third-order valence-electron chi connectivity index (χ3n) is 4.13. The van der Waals surface area contributed by atoms with Crippen molar-refractivity contribution >= 4 is 5.69 Å². The summed E-state index contributed by atoms with van der Waals surface area (Å²) in [6.45, 7) is 1.08. The summed E-state index contributed by atoms with van der Waals surface area (Å²) >= 11 is 0. The largest absolute Gasteiger partial charge is 0.416 e. The topological polar surface area (TPSA) is 47.3 Å². The standard InChI is InChI=1S/C15H16F4N2O/c1-9-11(7-16)10(8-20)4-5-12(9)21-6-2-3-13(21)14(22)15(17,18)19/h4-5,13-14,22H,2-3,6-7H2,1H3/t13-,14+/m1/s1. The van der Waals surface area contributed by atoms with Gasteiger partial charge in [0.05, 0.1) is 17.7 Å². The third-order valence-corrected chi connectivity index (χ3v) is 4.13. The smallest absolute Gasteiger partial charge is 0.382 e. The quantitative estimate of drug-likeness (QED) is 0.871. The molecule has 0 spiro atoms. The van der Waals surface area contributed by atoms with Gasteiger partial charge < -0.3 is 10.0 Å². The maximum Gasteiger partial charge on any atom is 0.416 e. The van der Waals surface area contributed by atoms with Gasteiger partial charge in [-0.25, -0.2) is 4.39 Å². The molecule has 0 bridgehead atoms. The van der Waals surface area contributed by atoms with E-state index in [-0.39, 0.29) is 17.5 Å². The predicted octanol–water partition coefficient (Wildman–Crippen LogP) is 3.23. The molecule has 1 aliphatic rings. The third kappa shape index (κ3) is 2.88. The molecule has 1 heterocycles. The highest BCUT2D eigenvalue weighted by atomic mass is 19.4. The van der Waals surface area contributed by atoms with Crippen LogP contribution in [0.25, 0.3) is 0 Å². The van der Waals surface area contributed by atoms with Crippen LogP contribution in [0, 0.1) is 18.3 Å². The van der Waals surface area contributed by atoms with E-state index in [1.807, 2.05) is 6.07 Å². The summed E-state index contributed by atoms with van der Waals surface area (Å²) < 4.78 is 51.5. The first-order valence-electron chi connectivity index (χ1n) is 6.91. The van der Waals surface area contributed by atoms with Gasteiger partial charge in [-0.15, -0.1) is 0 Å². The number of hydrogen-bond donors (Lipinski definition) is 1. The fourth-order valence-corrected chi connectivity index (χ4v) is 2.97. The molecule has 1 N–H and O–H groups in total. The van der Waals surface area contributed by atoms with Gasteiger partial charge in [0.25, 0.3) is 0 Å². The Labute approximate surface area is 125 Å². The van der Waals surface area contributed by atoms with Crippen LogP contribution >= 0.6 is 0 Å². The number of aliphatic hydroxyl groups is 1. The molecule has 3 nitrogen and oxygen atoms in total. The van der Waals surface area contributed by atoms with Crippen LogP contribution < -0.4 is 4.90 Å². The molecule has 0 saturated carbocycles. The second-order valence-corrected chi connectivity index (χ2v) is 5.37. The lowest BCUT2D eigenvalue weighted by atomic mass is 9.99. The minimum absolute atomic E-state index is 0.177. The van der Waals surface area contributed by atoms with Crippen molar-refractivity contribution in [2.24, 2.45) is 0 Å². The van der Waals surface area contributed by atoms with Crippen molar-refractivity contribution in [3.63, 3.8) is 0 Å². The summed E-state index contributed by atoms with van der Waals surface area (Å²) in [5.74, 6) is 0. The molecule has 2 rings (SSSR count). The van der Waals surface area contributed by atoms with Crippen LogP contribution in [-0.2, 0) is 6.67 Å². The van der Waals surface area contributed by atoms with E-state index in [1.165, 1.54) is 17.0 Å². The van der Waals surface area contributed by atoms with E-state index >= 15 is 0 Å². The lowest BCUT2D eigenvalue weighted by molar-refractivity contribution is -0.209. The number of anilines is 1. The van der Waals surface area contributed by atoms with E-state index in [9.17, 15) is 22.7 Å². The molecule has 1 aliphatic heterocycles. The SMILES string of the molecule is Cc1c(N2CCC[C@@H]2[C@H](O)C(F)(F)F)ccc(C#N)c1CF. The summed E-state index contributed by atoms with van der Waals surface area (Å²) in [7, 11) is 0. The van der Waals surface area contributed by atoms with Crippen LogP contribution in [0.15, 0.2) is 12.1 Å². The Morgan fingerprint density at radius 3 is 2.68 bits per heavy atom. The molecule has 1 saturated heterocycles. The molecule has 120 valence electrons. The number of aliphatic hydroxyl groups excluding tert-OH is 1. The van der Waals surface area contributed by atoms with E-state index in [0.717, 1.165) is 0 Å². The molecule has 7 heteroatoms. The van der Waals surface area contributed by atoms with Crippen molar-refractivity contribution in [1.29, 1.82) is 5.26 Å². The first-order valence-corrected chi connectivity index (χ1v) is 6.91. The van der Waals surface area contributed by atoms with E-state index in [0.29, 0.717) is 24.2 Å². The number of nitrogens with zero attached hydrogens (tertiary/aromatic N) is 2. The van der Waals surface area contributed by atoms with Crippen molar-refractivity contribution < 1.29 is 22.7 Å². The number of nitriles is 1. The van der Waals surface area contributed by atoms with Crippen molar-refractivity contribution in [2.45, 2.75) is 44.8 Å². The molecule has 0 amide bonds. The Kier molecular flexibility index (Phi) is 4.61. The van der Waals surface area contributed by atoms with Crippen molar-refractivity contribution in [2.75, 3.05) is 11.4 Å². The normalized spacial score (nSPS) is 20.0. The van der Waals surface area contributed by atoms with Gasteiger partial charge in [-0.05, 0) is 37.5 Å². The molecule has 0 unspecified atom stereocenters. The molecule has 2 atom stereocenters. The zero-order valence-corrected chi connectivity index (χ0v) is 12.0. The van der Waals surface area contributed by atoms with E-state index in [2.05, 4.69) is 0 Å². The van der Waals surface area contributed by atoms with Crippen molar-refractivity contribution in [1.82, 2.24) is 0 Å². The fraction of sp³-hybridized carbons (Fsp3) is 0.533. The zero-order valence-electron chi connectivity index (χ0n) is 12.0. The lowest BCUT2D eigenvalue weighted by Gasteiger charge is -2.33. The van der Waals surface area contributed by atoms with Gasteiger partial charge >= 0.3 is 6.18 Å². The average molecular weight is 316 g/mol. The molecule has 1 aromatic rings. The van der Waals surface area contributed by atoms with Gasteiger partial charge in [0.15, 0.2) is 6.10 Å². The number of hydrogen-bond acceptors (Lipinski definition) is 3. The van der Waals surface area contributed by atoms with Gasteiger partial charge in [-0.1, -0.05) is 0 Å². The highest BCUT2D eigenvalue weighted by Crippen LogP contribution is 2.36. The second kappa shape index (κ2) is 6.13. The second-order valence-electron chi connectivity index (χ2n) is 5.37. The number of alkyl halides is 4. The van der Waals surface area contributed by atoms with E-state index in [1.54, 1.807) is 6.92 Å². The van der Waals surface area contributed by atoms with Crippen LogP contribution in [-0.4, -0.2) is 30.0 Å². The van der Waals surface area contributed by atoms with Crippen molar-refractivity contribution in [3.8, 4) is 6.07 Å². The molecule has 1 aromatic carbocycles. The number of halogens is 4. The Hall–Kier alpha value is -1.81. The van der Waals surface area contributed by atoms with Crippen molar-refractivity contribution in [3.05, 3.63) is 28.8 Å². The Morgan fingerprint density at radius 1 is 1.45 bits per heavy atom. The van der Waals surface area contributed by atoms with Crippen LogP contribution in [0.4, 0.5) is 23.2 Å². The van der Waals surface area contributed by atoms with Gasteiger partial charge in [-0.2, -0.15) is 18.4 Å². The molecular weight excluding hydrogens is 300 g/mol. The minimum atomic E-state index is -4.70. The molecule has 0 aromatic heterocycles. The van der Waals surface area contributed by atoms with Crippen LogP contribution in [0.5, 0.6) is 0 Å².